The molecule has 1 aromatic rings. The number of rotatable bonds is 8. The quantitative estimate of drug-likeness (QED) is 0.259. The molecule has 0 radical (unpaired) electrons. The zero-order valence-corrected chi connectivity index (χ0v) is 19.2. The Hall–Kier alpha value is -1.36. The Labute approximate surface area is 179 Å². The van der Waals surface area contributed by atoms with Crippen LogP contribution in [0.5, 0.6) is 0 Å². The summed E-state index contributed by atoms with van der Waals surface area (Å²) in [6.45, 7) is 11.0. The van der Waals surface area contributed by atoms with Gasteiger partial charge in [-0.1, -0.05) is 13.8 Å². The summed E-state index contributed by atoms with van der Waals surface area (Å²) < 4.78 is 7.30. The zero-order chi connectivity index (χ0) is 18.9. The van der Waals surface area contributed by atoms with Crippen molar-refractivity contribution in [3.63, 3.8) is 0 Å². The van der Waals surface area contributed by atoms with Crippen LogP contribution in [0.1, 0.15) is 27.2 Å². The molecule has 1 aliphatic heterocycles. The van der Waals surface area contributed by atoms with Gasteiger partial charge in [-0.3, -0.25) is 14.5 Å². The third-order valence-corrected chi connectivity index (χ3v) is 4.02. The van der Waals surface area contributed by atoms with Crippen molar-refractivity contribution in [1.29, 1.82) is 0 Å². The topological polar surface area (TPSA) is 75.0 Å². The number of piperazine rings is 1. The van der Waals surface area contributed by atoms with Crippen molar-refractivity contribution in [2.24, 2.45) is 18.0 Å². The lowest BCUT2D eigenvalue weighted by Crippen LogP contribution is -2.55. The van der Waals surface area contributed by atoms with Gasteiger partial charge in [0.25, 0.3) is 0 Å². The Morgan fingerprint density at radius 1 is 1.41 bits per heavy atom. The molecule has 0 unspecified atom stereocenters. The number of nitrogens with one attached hydrogen (secondary N) is 1. The fourth-order valence-electron chi connectivity index (χ4n) is 2.77. The molecule has 1 N–H and O–H groups in total. The Balaban J connectivity index is 0.00000364. The normalized spacial score (nSPS) is 15.3. The second-order valence-corrected chi connectivity index (χ2v) is 6.90. The van der Waals surface area contributed by atoms with E-state index in [-0.39, 0.29) is 29.9 Å². The van der Waals surface area contributed by atoms with E-state index in [0.29, 0.717) is 25.6 Å². The van der Waals surface area contributed by atoms with Crippen LogP contribution in [0.25, 0.3) is 0 Å². The first-order valence-electron chi connectivity index (χ1n) is 9.41. The summed E-state index contributed by atoms with van der Waals surface area (Å²) in [6, 6.07) is 0. The number of aromatic nitrogens is 2. The molecule has 0 aliphatic carbocycles. The first-order chi connectivity index (χ1) is 12.5. The molecule has 8 nitrogen and oxygen atoms in total. The van der Waals surface area contributed by atoms with Crippen LogP contribution in [-0.4, -0.2) is 72.5 Å². The highest BCUT2D eigenvalue weighted by atomic mass is 127. The van der Waals surface area contributed by atoms with E-state index in [1.807, 2.05) is 25.1 Å². The van der Waals surface area contributed by atoms with Gasteiger partial charge in [0, 0.05) is 52.6 Å². The molecule has 9 heteroatoms. The maximum absolute atomic E-state index is 12.5. The largest absolute Gasteiger partial charge is 0.381 e. The molecule has 1 aliphatic rings. The van der Waals surface area contributed by atoms with E-state index >= 15 is 0 Å². The number of hydrogen-bond acceptors (Lipinski definition) is 4. The number of hydrogen-bond donors (Lipinski definition) is 1. The molecular weight excluding hydrogens is 459 g/mol. The van der Waals surface area contributed by atoms with E-state index in [9.17, 15) is 4.79 Å². The van der Waals surface area contributed by atoms with Crippen LogP contribution in [0.2, 0.25) is 0 Å². The highest BCUT2D eigenvalue weighted by Gasteiger charge is 2.27. The molecule has 0 saturated carbocycles. The van der Waals surface area contributed by atoms with Crippen LogP contribution < -0.4 is 10.2 Å². The maximum atomic E-state index is 12.5. The fourth-order valence-corrected chi connectivity index (χ4v) is 2.77. The maximum Gasteiger partial charge on any atom is 0.246 e. The molecule has 0 spiro atoms. The molecule has 1 saturated heterocycles. The van der Waals surface area contributed by atoms with E-state index in [0.717, 1.165) is 44.4 Å². The van der Waals surface area contributed by atoms with Gasteiger partial charge in [-0.2, -0.15) is 5.10 Å². The minimum Gasteiger partial charge on any atom is -0.381 e. The Morgan fingerprint density at radius 3 is 2.78 bits per heavy atom. The lowest BCUT2D eigenvalue weighted by molar-refractivity contribution is -0.120. The van der Waals surface area contributed by atoms with Gasteiger partial charge in [-0.05, 0) is 19.3 Å². The molecule has 1 fully saturated rings. The first-order valence-corrected chi connectivity index (χ1v) is 9.41. The van der Waals surface area contributed by atoms with Gasteiger partial charge in [-0.25, -0.2) is 0 Å². The SMILES string of the molecule is CCNC(=NCCCOCC(C)C)N1CCN(c2cnn(C)c2)C(=O)C1.I. The average Bonchev–Trinajstić information content (AvgIpc) is 3.02. The first kappa shape index (κ1) is 23.7. The number of carbonyl (C=O) groups is 1. The van der Waals surface area contributed by atoms with E-state index in [2.05, 4.69) is 29.3 Å². The standard InChI is InChI=1S/C18H32N6O2.HI/c1-5-19-18(20-7-6-10-26-14-15(2)3)23-8-9-24(17(25)13-23)16-11-21-22(4)12-16;/h11-12,15H,5-10,13-14H2,1-4H3,(H,19,20);1H. The number of guanidine groups is 1. The second kappa shape index (κ2) is 12.2. The van der Waals surface area contributed by atoms with Crippen LogP contribution in [0.4, 0.5) is 5.69 Å². The molecule has 27 heavy (non-hydrogen) atoms. The van der Waals surface area contributed by atoms with E-state index < -0.39 is 0 Å². The minimum absolute atomic E-state index is 0. The molecule has 154 valence electrons. The van der Waals surface area contributed by atoms with Gasteiger partial charge in [0.05, 0.1) is 11.9 Å². The Kier molecular flexibility index (Phi) is 10.7. The smallest absolute Gasteiger partial charge is 0.246 e. The molecule has 2 rings (SSSR count). The molecular formula is C18H33IN6O2. The molecule has 1 amide bonds. The molecule has 1 aromatic heterocycles. The minimum atomic E-state index is 0. The van der Waals surface area contributed by atoms with Gasteiger partial charge >= 0.3 is 0 Å². The van der Waals surface area contributed by atoms with Crippen molar-refractivity contribution in [2.45, 2.75) is 27.2 Å². The lowest BCUT2D eigenvalue weighted by Gasteiger charge is -2.35. The molecule has 0 atom stereocenters. The van der Waals surface area contributed by atoms with E-state index in [4.69, 9.17) is 4.74 Å². The van der Waals surface area contributed by atoms with Crippen LogP contribution in [0.3, 0.4) is 0 Å². The van der Waals surface area contributed by atoms with E-state index in [1.165, 1.54) is 0 Å². The van der Waals surface area contributed by atoms with Gasteiger partial charge in [0.15, 0.2) is 5.96 Å². The van der Waals surface area contributed by atoms with Gasteiger partial charge < -0.3 is 19.9 Å². The summed E-state index contributed by atoms with van der Waals surface area (Å²) in [6.07, 6.45) is 4.47. The predicted molar refractivity (Wildman–Crippen MR) is 119 cm³/mol. The fraction of sp³-hybridized carbons (Fsp3) is 0.722. The molecule has 2 heterocycles. The number of carbonyl (C=O) groups excluding carboxylic acids is 1. The van der Waals surface area contributed by atoms with Crippen molar-refractivity contribution in [1.82, 2.24) is 20.0 Å². The van der Waals surface area contributed by atoms with Gasteiger partial charge in [0.1, 0.15) is 6.54 Å². The number of aliphatic imine (C=N–C) groups is 1. The van der Waals surface area contributed by atoms with Crippen LogP contribution in [0, 0.1) is 5.92 Å². The summed E-state index contributed by atoms with van der Waals surface area (Å²) in [5.74, 6) is 1.42. The summed E-state index contributed by atoms with van der Waals surface area (Å²) in [5, 5.41) is 7.44. The predicted octanol–water partition coefficient (Wildman–Crippen LogP) is 1.71. The van der Waals surface area contributed by atoms with Crippen LogP contribution in [0.15, 0.2) is 17.4 Å². The van der Waals surface area contributed by atoms with Crippen molar-refractivity contribution in [3.05, 3.63) is 12.4 Å². The number of halogens is 1. The number of anilines is 1. The number of ether oxygens (including phenoxy) is 1. The Morgan fingerprint density at radius 2 is 2.19 bits per heavy atom. The third kappa shape index (κ3) is 7.65. The molecule has 0 aromatic carbocycles. The number of amides is 1. The zero-order valence-electron chi connectivity index (χ0n) is 16.8. The second-order valence-electron chi connectivity index (χ2n) is 6.90. The number of nitrogens with zero attached hydrogens (tertiary/aromatic N) is 5. The Bertz CT molecular complexity index is 604. The number of aryl methyl sites for hydroxylation is 1. The van der Waals surface area contributed by atoms with Crippen LogP contribution >= 0.6 is 24.0 Å². The lowest BCUT2D eigenvalue weighted by atomic mass is 10.2. The third-order valence-electron chi connectivity index (χ3n) is 4.02. The summed E-state index contributed by atoms with van der Waals surface area (Å²) >= 11 is 0. The highest BCUT2D eigenvalue weighted by molar-refractivity contribution is 14.0. The highest BCUT2D eigenvalue weighted by Crippen LogP contribution is 2.16. The van der Waals surface area contributed by atoms with Crippen molar-refractivity contribution >= 4 is 41.5 Å². The van der Waals surface area contributed by atoms with Crippen LogP contribution in [-0.2, 0) is 16.6 Å². The van der Waals surface area contributed by atoms with Gasteiger partial charge in [-0.15, -0.1) is 24.0 Å². The summed E-state index contributed by atoms with van der Waals surface area (Å²) in [7, 11) is 1.85. The monoisotopic (exact) mass is 492 g/mol. The summed E-state index contributed by atoms with van der Waals surface area (Å²) in [5.41, 5.74) is 0.849. The van der Waals surface area contributed by atoms with E-state index in [1.54, 1.807) is 15.8 Å². The van der Waals surface area contributed by atoms with Crippen molar-refractivity contribution in [2.75, 3.05) is 50.8 Å². The summed E-state index contributed by atoms with van der Waals surface area (Å²) in [4.78, 5) is 21.0. The average molecular weight is 492 g/mol. The van der Waals surface area contributed by atoms with Crippen molar-refractivity contribution in [3.8, 4) is 0 Å². The van der Waals surface area contributed by atoms with Gasteiger partial charge in [0.2, 0.25) is 5.91 Å². The molecule has 0 bridgehead atoms. The van der Waals surface area contributed by atoms with Crippen molar-refractivity contribution < 1.29 is 9.53 Å².